The number of nitrogens with one attached hydrogen (secondary N) is 1. The number of likely N-dealkylation sites (N-methyl/N-ethyl adjacent to an activating group) is 1. The first kappa shape index (κ1) is 19.5. The van der Waals surface area contributed by atoms with Gasteiger partial charge in [-0.25, -0.2) is 8.42 Å². The Morgan fingerprint density at radius 3 is 2.56 bits per heavy atom. The molecule has 1 fully saturated rings. The Hall–Kier alpha value is -2.29. The number of amides is 1. The van der Waals surface area contributed by atoms with Crippen LogP contribution in [0.2, 0.25) is 0 Å². The standard InChI is InChI=1S/C19H24N4O3S/c1-2-22-10-12-23(13-11-22)27(25,26)18-8-5-6-16(14-18)19(24)21-15-17-7-3-4-9-20-17/h3-9,14H,2,10-13,15H2,1H3,(H,21,24). The van der Waals surface area contributed by atoms with Crippen LogP contribution in [0.3, 0.4) is 0 Å². The number of benzene rings is 1. The van der Waals surface area contributed by atoms with E-state index >= 15 is 0 Å². The molecule has 144 valence electrons. The van der Waals surface area contributed by atoms with Crippen molar-refractivity contribution < 1.29 is 13.2 Å². The molecular weight excluding hydrogens is 364 g/mol. The lowest BCUT2D eigenvalue weighted by atomic mass is 10.2. The van der Waals surface area contributed by atoms with E-state index in [0.717, 1.165) is 25.3 Å². The van der Waals surface area contributed by atoms with Gasteiger partial charge in [0.15, 0.2) is 0 Å². The molecule has 0 atom stereocenters. The number of rotatable bonds is 6. The van der Waals surface area contributed by atoms with E-state index in [1.165, 1.54) is 16.4 Å². The highest BCUT2D eigenvalue weighted by molar-refractivity contribution is 7.89. The second kappa shape index (κ2) is 8.60. The molecule has 7 nitrogen and oxygen atoms in total. The maximum absolute atomic E-state index is 12.9. The van der Waals surface area contributed by atoms with Crippen molar-refractivity contribution in [3.63, 3.8) is 0 Å². The third kappa shape index (κ3) is 4.71. The van der Waals surface area contributed by atoms with Gasteiger partial charge in [-0.15, -0.1) is 0 Å². The van der Waals surface area contributed by atoms with Crippen molar-refractivity contribution in [3.05, 3.63) is 59.9 Å². The monoisotopic (exact) mass is 388 g/mol. The molecule has 1 saturated heterocycles. The molecule has 0 saturated carbocycles. The van der Waals surface area contributed by atoms with E-state index in [0.29, 0.717) is 18.7 Å². The minimum atomic E-state index is -3.60. The minimum absolute atomic E-state index is 0.151. The molecule has 1 aliphatic rings. The Morgan fingerprint density at radius 2 is 1.89 bits per heavy atom. The van der Waals surface area contributed by atoms with E-state index in [1.807, 2.05) is 12.1 Å². The van der Waals surface area contributed by atoms with Gasteiger partial charge in [-0.2, -0.15) is 4.31 Å². The van der Waals surface area contributed by atoms with Crippen molar-refractivity contribution in [1.29, 1.82) is 0 Å². The van der Waals surface area contributed by atoms with Crippen LogP contribution in [0, 0.1) is 0 Å². The molecule has 1 amide bonds. The summed E-state index contributed by atoms with van der Waals surface area (Å²) < 4.78 is 27.3. The average Bonchev–Trinajstić information content (AvgIpc) is 2.73. The largest absolute Gasteiger partial charge is 0.346 e. The second-order valence-electron chi connectivity index (χ2n) is 6.37. The van der Waals surface area contributed by atoms with E-state index in [2.05, 4.69) is 22.1 Å². The van der Waals surface area contributed by atoms with Gasteiger partial charge in [0.1, 0.15) is 0 Å². The summed E-state index contributed by atoms with van der Waals surface area (Å²) in [5, 5.41) is 2.77. The normalized spacial score (nSPS) is 16.2. The summed E-state index contributed by atoms with van der Waals surface area (Å²) in [5.74, 6) is -0.325. The number of carbonyl (C=O) groups excluding carboxylic acids is 1. The smallest absolute Gasteiger partial charge is 0.251 e. The summed E-state index contributed by atoms with van der Waals surface area (Å²) in [6, 6.07) is 11.7. The Morgan fingerprint density at radius 1 is 1.11 bits per heavy atom. The molecule has 2 heterocycles. The van der Waals surface area contributed by atoms with E-state index < -0.39 is 10.0 Å². The number of sulfonamides is 1. The van der Waals surface area contributed by atoms with Crippen molar-refractivity contribution in [2.75, 3.05) is 32.7 Å². The summed E-state index contributed by atoms with van der Waals surface area (Å²) in [4.78, 5) is 18.9. The summed E-state index contributed by atoms with van der Waals surface area (Å²) in [6.07, 6.45) is 1.66. The lowest BCUT2D eigenvalue weighted by molar-refractivity contribution is 0.0950. The van der Waals surface area contributed by atoms with Gasteiger partial charge in [-0.1, -0.05) is 19.1 Å². The predicted octanol–water partition coefficient (Wildman–Crippen LogP) is 1.34. The summed E-state index contributed by atoms with van der Waals surface area (Å²) in [6.45, 7) is 5.64. The van der Waals surface area contributed by atoms with Crippen molar-refractivity contribution >= 4 is 15.9 Å². The van der Waals surface area contributed by atoms with Gasteiger partial charge in [0.2, 0.25) is 10.0 Å². The maximum atomic E-state index is 12.9. The number of pyridine rings is 1. The fourth-order valence-electron chi connectivity index (χ4n) is 3.01. The second-order valence-corrected chi connectivity index (χ2v) is 8.31. The Kier molecular flexibility index (Phi) is 6.20. The van der Waals surface area contributed by atoms with E-state index in [9.17, 15) is 13.2 Å². The fraction of sp³-hybridized carbons (Fsp3) is 0.368. The highest BCUT2D eigenvalue weighted by Crippen LogP contribution is 2.19. The Labute approximate surface area is 160 Å². The number of aromatic nitrogens is 1. The Bertz CT molecular complexity index is 879. The molecule has 0 bridgehead atoms. The molecule has 1 aromatic heterocycles. The predicted molar refractivity (Wildman–Crippen MR) is 103 cm³/mol. The fourth-order valence-corrected chi connectivity index (χ4v) is 4.48. The quantitative estimate of drug-likeness (QED) is 0.807. The van der Waals surface area contributed by atoms with Crippen LogP contribution in [0.25, 0.3) is 0 Å². The first-order chi connectivity index (χ1) is 13.0. The SMILES string of the molecule is CCN1CCN(S(=O)(=O)c2cccc(C(=O)NCc3ccccn3)c2)CC1. The van der Waals surface area contributed by atoms with Crippen molar-refractivity contribution in [3.8, 4) is 0 Å². The number of nitrogens with zero attached hydrogens (tertiary/aromatic N) is 3. The van der Waals surface area contributed by atoms with E-state index in [4.69, 9.17) is 0 Å². The average molecular weight is 388 g/mol. The lowest BCUT2D eigenvalue weighted by Crippen LogP contribution is -2.48. The lowest BCUT2D eigenvalue weighted by Gasteiger charge is -2.33. The maximum Gasteiger partial charge on any atom is 0.251 e. The summed E-state index contributed by atoms with van der Waals surface area (Å²) in [5.41, 5.74) is 1.06. The van der Waals surface area contributed by atoms with Gasteiger partial charge in [0.05, 0.1) is 17.1 Å². The molecule has 2 aromatic rings. The zero-order chi connectivity index (χ0) is 19.3. The van der Waals surface area contributed by atoms with Crippen LogP contribution in [0.1, 0.15) is 23.0 Å². The molecule has 0 radical (unpaired) electrons. The molecule has 0 unspecified atom stereocenters. The first-order valence-corrected chi connectivity index (χ1v) is 10.5. The van der Waals surface area contributed by atoms with Crippen LogP contribution in [-0.2, 0) is 16.6 Å². The van der Waals surface area contributed by atoms with Crippen molar-refractivity contribution in [1.82, 2.24) is 19.5 Å². The molecule has 0 spiro atoms. The molecule has 0 aliphatic carbocycles. The van der Waals surface area contributed by atoms with Gasteiger partial charge in [0.25, 0.3) is 5.91 Å². The molecule has 1 aromatic carbocycles. The number of hydrogen-bond donors (Lipinski definition) is 1. The van der Waals surface area contributed by atoms with E-state index in [1.54, 1.807) is 24.4 Å². The van der Waals surface area contributed by atoms with Gasteiger partial charge in [0, 0.05) is 37.9 Å². The van der Waals surface area contributed by atoms with Gasteiger partial charge in [-0.05, 0) is 36.9 Å². The van der Waals surface area contributed by atoms with Crippen LogP contribution in [0.15, 0.2) is 53.6 Å². The molecule has 1 aliphatic heterocycles. The van der Waals surface area contributed by atoms with Crippen molar-refractivity contribution in [2.24, 2.45) is 0 Å². The number of hydrogen-bond acceptors (Lipinski definition) is 5. The molecular formula is C19H24N4O3S. The minimum Gasteiger partial charge on any atom is -0.346 e. The summed E-state index contributed by atoms with van der Waals surface area (Å²) in [7, 11) is -3.60. The number of carbonyl (C=O) groups is 1. The van der Waals surface area contributed by atoms with Crippen LogP contribution in [0.4, 0.5) is 0 Å². The highest BCUT2D eigenvalue weighted by Gasteiger charge is 2.28. The Balaban J connectivity index is 1.70. The molecule has 3 rings (SSSR count). The van der Waals surface area contributed by atoms with Gasteiger partial charge >= 0.3 is 0 Å². The van der Waals surface area contributed by atoms with Crippen molar-refractivity contribution in [2.45, 2.75) is 18.4 Å². The van der Waals surface area contributed by atoms with Crippen LogP contribution in [-0.4, -0.2) is 61.2 Å². The zero-order valence-electron chi connectivity index (χ0n) is 15.3. The topological polar surface area (TPSA) is 82.6 Å². The van der Waals surface area contributed by atoms with E-state index in [-0.39, 0.29) is 17.3 Å². The van der Waals surface area contributed by atoms with Gasteiger partial charge in [-0.3, -0.25) is 9.78 Å². The van der Waals surface area contributed by atoms with Crippen LogP contribution < -0.4 is 5.32 Å². The molecule has 1 N–H and O–H groups in total. The zero-order valence-corrected chi connectivity index (χ0v) is 16.2. The van der Waals surface area contributed by atoms with Crippen LogP contribution in [0.5, 0.6) is 0 Å². The summed E-state index contributed by atoms with van der Waals surface area (Å²) >= 11 is 0. The third-order valence-corrected chi connectivity index (χ3v) is 6.56. The first-order valence-electron chi connectivity index (χ1n) is 9.01. The van der Waals surface area contributed by atoms with Gasteiger partial charge < -0.3 is 10.2 Å². The third-order valence-electron chi connectivity index (χ3n) is 4.67. The van der Waals surface area contributed by atoms with Crippen LogP contribution >= 0.6 is 0 Å². The molecule has 8 heteroatoms. The molecule has 27 heavy (non-hydrogen) atoms. The number of piperazine rings is 1. The highest BCUT2D eigenvalue weighted by atomic mass is 32.2.